The second kappa shape index (κ2) is 24.7. The molecule has 0 saturated heterocycles. The van der Waals surface area contributed by atoms with Gasteiger partial charge in [0.05, 0.1) is 36.5 Å². The van der Waals surface area contributed by atoms with Crippen LogP contribution in [0.5, 0.6) is 0 Å². The highest BCUT2D eigenvalue weighted by Crippen LogP contribution is 2.41. The highest BCUT2D eigenvalue weighted by atomic mass is 19.1. The number of nitrogens with one attached hydrogen (secondary N) is 6. The molecule has 10 rings (SSSR count). The van der Waals surface area contributed by atoms with Gasteiger partial charge in [-0.05, 0) is 111 Å². The molecule has 86 heavy (non-hydrogen) atoms. The average Bonchev–Trinajstić information content (AvgIpc) is 2.35. The van der Waals surface area contributed by atoms with Crippen molar-refractivity contribution in [3.8, 4) is 23.7 Å². The van der Waals surface area contributed by atoms with Gasteiger partial charge in [0.1, 0.15) is 23.7 Å². The molecule has 4 atom stereocenters. The summed E-state index contributed by atoms with van der Waals surface area (Å²) in [7, 11) is 3.35. The first-order valence-corrected chi connectivity index (χ1v) is 28.8. The van der Waals surface area contributed by atoms with Crippen LogP contribution in [0.1, 0.15) is 86.3 Å². The zero-order valence-electron chi connectivity index (χ0n) is 49.5. The van der Waals surface area contributed by atoms with Crippen molar-refractivity contribution < 1.29 is 28.0 Å². The number of fused-ring (bicyclic) bond motifs is 4. The lowest BCUT2D eigenvalue weighted by Gasteiger charge is -2.27. The first-order valence-electron chi connectivity index (χ1n) is 28.8. The minimum Gasteiger partial charge on any atom is -0.343 e. The molecule has 0 radical (unpaired) electrons. The number of H-pyrrole nitrogens is 2. The lowest BCUT2D eigenvalue weighted by molar-refractivity contribution is -0.128. The summed E-state index contributed by atoms with van der Waals surface area (Å²) in [5, 5.41) is 13.8. The maximum absolute atomic E-state index is 15.0. The van der Waals surface area contributed by atoms with Gasteiger partial charge in [-0.25, -0.2) is 8.78 Å². The SMILES string of the molecule is CN[C@@H](C)C(=O)N[C@@H](Cc1cn(CC#CC#CCn2cc(C[C@H](NC(=O)[C@H](C)NC)C(=O)N3CC(C)(C)c4[nH]c(=O)c(Cc5ccc(F)cc5)cc43)c3ccccc32)c2ccccc12)C(=O)N1CC(C)(C)c2[nH]c(=O)c(Cc3ccc(F)cc3)cc21. The van der Waals surface area contributed by atoms with Crippen LogP contribution in [0.2, 0.25) is 0 Å². The third kappa shape index (κ3) is 12.5. The topological polar surface area (TPSA) is 198 Å². The summed E-state index contributed by atoms with van der Waals surface area (Å²) < 4.78 is 31.6. The number of carbonyl (C=O) groups excluding carboxylic acids is 4. The van der Waals surface area contributed by atoms with Crippen molar-refractivity contribution in [2.24, 2.45) is 0 Å². The standard InChI is InChI=1S/C68H70F2N10O6/c1-41(71-7)61(81)73-53(65(85)79-39-67(3,4)59-57(79)35-45(63(83)75-59)31-43-21-25-49(69)26-22-43)33-47-37-77(55-19-13-11-17-51(47)55)29-15-9-10-16-30-78-38-48(52-18-12-14-20-56(52)78)34-54(74-62(82)42(2)72-8)66(86)80-40-68(5,6)60-58(80)36-46(64(84)76-60)32-44-23-27-50(70)28-24-44/h11-14,17-28,35-38,41-42,53-54,71-72H,29-34,39-40H2,1-8H3,(H,73,81)(H,74,82)(H,75,83)(H,76,84)/t41-,42-,53-,54-/m0/s1. The quantitative estimate of drug-likeness (QED) is 0.0491. The maximum atomic E-state index is 15.0. The molecule has 6 heterocycles. The minimum absolute atomic E-state index is 0.149. The Labute approximate surface area is 497 Å². The molecule has 4 aromatic carbocycles. The summed E-state index contributed by atoms with van der Waals surface area (Å²) >= 11 is 0. The van der Waals surface area contributed by atoms with E-state index in [1.807, 2.05) is 97.8 Å². The van der Waals surface area contributed by atoms with Gasteiger partial charge in [0.2, 0.25) is 23.6 Å². The molecule has 6 N–H and O–H groups in total. The number of hydrogen-bond acceptors (Lipinski definition) is 8. The molecule has 0 fully saturated rings. The number of carbonyl (C=O) groups is 4. The summed E-state index contributed by atoms with van der Waals surface area (Å²) in [6, 6.07) is 27.8. The molecular weight excluding hydrogens is 1090 g/mol. The van der Waals surface area contributed by atoms with Crippen molar-refractivity contribution in [1.82, 2.24) is 40.4 Å². The monoisotopic (exact) mass is 1160 g/mol. The van der Waals surface area contributed by atoms with Crippen LogP contribution in [-0.4, -0.2) is 94.1 Å². The zero-order chi connectivity index (χ0) is 61.2. The highest BCUT2D eigenvalue weighted by molar-refractivity contribution is 6.03. The van der Waals surface area contributed by atoms with Crippen LogP contribution in [0.15, 0.2) is 131 Å². The van der Waals surface area contributed by atoms with Gasteiger partial charge in [-0.2, -0.15) is 0 Å². The number of rotatable bonds is 18. The predicted octanol–water partition coefficient (Wildman–Crippen LogP) is 7.06. The molecule has 0 spiro atoms. The number of nitrogens with zero attached hydrogens (tertiary/aromatic N) is 4. The molecule has 0 saturated carbocycles. The Bertz CT molecular complexity index is 3920. The Kier molecular flexibility index (Phi) is 17.2. The Hall–Kier alpha value is -9.36. The molecule has 0 bridgehead atoms. The molecule has 16 nitrogen and oxygen atoms in total. The minimum atomic E-state index is -1.00. The van der Waals surface area contributed by atoms with E-state index < -0.39 is 35.0 Å². The molecular formula is C68H70F2N10O6. The number of benzene rings is 4. The van der Waals surface area contributed by atoms with E-state index >= 15 is 9.59 Å². The molecule has 4 amide bonds. The molecule has 2 aliphatic heterocycles. The third-order valence-corrected chi connectivity index (χ3v) is 16.6. The van der Waals surface area contributed by atoms with Crippen LogP contribution >= 0.6 is 0 Å². The number of para-hydroxylation sites is 2. The number of hydrogen-bond donors (Lipinski definition) is 6. The zero-order valence-corrected chi connectivity index (χ0v) is 49.5. The van der Waals surface area contributed by atoms with E-state index in [0.717, 1.165) is 44.1 Å². The second-order valence-electron chi connectivity index (χ2n) is 23.7. The Morgan fingerprint density at radius 1 is 0.558 bits per heavy atom. The smallest absolute Gasteiger partial charge is 0.251 e. The average molecular weight is 1160 g/mol. The molecule has 0 unspecified atom stereocenters. The fraction of sp³-hybridized carbons (Fsp3) is 0.324. The molecule has 2 aliphatic rings. The van der Waals surface area contributed by atoms with Gasteiger partial charge in [0, 0.05) is 106 Å². The molecule has 18 heteroatoms. The number of likely N-dealkylation sites (N-methyl/N-ethyl adjacent to an activating group) is 2. The van der Waals surface area contributed by atoms with Crippen molar-refractivity contribution in [2.45, 2.75) is 115 Å². The molecule has 442 valence electrons. The largest absolute Gasteiger partial charge is 0.343 e. The van der Waals surface area contributed by atoms with Crippen LogP contribution in [0.3, 0.4) is 0 Å². The van der Waals surface area contributed by atoms with Crippen LogP contribution in [0, 0.1) is 35.3 Å². The van der Waals surface area contributed by atoms with E-state index in [-0.39, 0.29) is 98.2 Å². The van der Waals surface area contributed by atoms with Crippen LogP contribution in [0.4, 0.5) is 20.2 Å². The van der Waals surface area contributed by atoms with Gasteiger partial charge >= 0.3 is 0 Å². The van der Waals surface area contributed by atoms with Gasteiger partial charge < -0.3 is 50.2 Å². The van der Waals surface area contributed by atoms with E-state index in [4.69, 9.17) is 0 Å². The van der Waals surface area contributed by atoms with Gasteiger partial charge in [0.15, 0.2) is 0 Å². The number of halogens is 2. The van der Waals surface area contributed by atoms with Crippen LogP contribution in [0.25, 0.3) is 21.8 Å². The number of amides is 4. The number of aromatic amines is 2. The van der Waals surface area contributed by atoms with E-state index in [1.165, 1.54) is 24.3 Å². The van der Waals surface area contributed by atoms with Gasteiger partial charge in [-0.3, -0.25) is 28.8 Å². The second-order valence-corrected chi connectivity index (χ2v) is 23.7. The maximum Gasteiger partial charge on any atom is 0.251 e. The van der Waals surface area contributed by atoms with Gasteiger partial charge in [-0.15, -0.1) is 0 Å². The first-order chi connectivity index (χ1) is 41.1. The van der Waals surface area contributed by atoms with Gasteiger partial charge in [-0.1, -0.05) is 100 Å². The van der Waals surface area contributed by atoms with E-state index in [9.17, 15) is 28.0 Å². The van der Waals surface area contributed by atoms with Crippen molar-refractivity contribution >= 4 is 56.8 Å². The third-order valence-electron chi connectivity index (χ3n) is 16.6. The van der Waals surface area contributed by atoms with Crippen molar-refractivity contribution in [3.63, 3.8) is 0 Å². The van der Waals surface area contributed by atoms with Crippen LogP contribution in [-0.2, 0) is 68.8 Å². The number of aromatic nitrogens is 4. The summed E-state index contributed by atoms with van der Waals surface area (Å²) in [6.45, 7) is 12.3. The summed E-state index contributed by atoms with van der Waals surface area (Å²) in [6.07, 6.45) is 4.65. The first kappa shape index (κ1) is 59.8. The summed E-state index contributed by atoms with van der Waals surface area (Å²) in [5.41, 5.74) is 6.20. The van der Waals surface area contributed by atoms with Crippen molar-refractivity contribution in [2.75, 3.05) is 37.0 Å². The number of pyridine rings is 2. The molecule has 4 aromatic heterocycles. The van der Waals surface area contributed by atoms with Crippen molar-refractivity contribution in [1.29, 1.82) is 0 Å². The molecule has 8 aromatic rings. The van der Waals surface area contributed by atoms with E-state index in [2.05, 4.69) is 54.9 Å². The van der Waals surface area contributed by atoms with E-state index in [1.54, 1.807) is 74.1 Å². The van der Waals surface area contributed by atoms with Crippen molar-refractivity contribution in [3.05, 3.63) is 199 Å². The fourth-order valence-electron chi connectivity index (χ4n) is 11.6. The van der Waals surface area contributed by atoms with Crippen LogP contribution < -0.4 is 42.2 Å². The lowest BCUT2D eigenvalue weighted by atomic mass is 9.91. The van der Waals surface area contributed by atoms with E-state index in [0.29, 0.717) is 33.9 Å². The lowest BCUT2D eigenvalue weighted by Crippen LogP contribution is -2.53. The number of anilines is 2. The summed E-state index contributed by atoms with van der Waals surface area (Å²) in [4.78, 5) is 93.6. The molecule has 0 aliphatic carbocycles. The normalized spacial score (nSPS) is 15.2. The Balaban J connectivity index is 0.879. The summed E-state index contributed by atoms with van der Waals surface area (Å²) in [5.74, 6) is 10.3. The Morgan fingerprint density at radius 2 is 0.930 bits per heavy atom. The fourth-order valence-corrected chi connectivity index (χ4v) is 11.6. The highest BCUT2D eigenvalue weighted by Gasteiger charge is 2.44. The van der Waals surface area contributed by atoms with Gasteiger partial charge in [0.25, 0.3) is 11.1 Å². The Morgan fingerprint density at radius 3 is 1.30 bits per heavy atom. The predicted molar refractivity (Wildman–Crippen MR) is 331 cm³/mol.